The predicted molar refractivity (Wildman–Crippen MR) is 72.2 cm³/mol. The van der Waals surface area contributed by atoms with E-state index in [9.17, 15) is 0 Å². The van der Waals surface area contributed by atoms with Crippen molar-refractivity contribution in [2.75, 3.05) is 32.1 Å². The van der Waals surface area contributed by atoms with Gasteiger partial charge in [0.05, 0.1) is 7.11 Å². The molecule has 1 aliphatic heterocycles. The monoisotopic (exact) mass is 250 g/mol. The lowest BCUT2D eigenvalue weighted by Crippen LogP contribution is -2.45. The average molecular weight is 250 g/mol. The number of rotatable bonds is 4. The second-order valence-electron chi connectivity index (χ2n) is 4.75. The van der Waals surface area contributed by atoms with Crippen molar-refractivity contribution in [3.05, 3.63) is 11.8 Å². The molecule has 5 heteroatoms. The van der Waals surface area contributed by atoms with E-state index in [4.69, 9.17) is 4.74 Å². The van der Waals surface area contributed by atoms with Gasteiger partial charge in [-0.3, -0.25) is 0 Å². The first-order valence-electron chi connectivity index (χ1n) is 6.55. The number of aromatic nitrogens is 2. The molecule has 1 atom stereocenters. The zero-order valence-electron chi connectivity index (χ0n) is 11.4. The van der Waals surface area contributed by atoms with Crippen LogP contribution in [0.4, 0.5) is 5.95 Å². The first-order valence-corrected chi connectivity index (χ1v) is 6.55. The molecule has 0 bridgehead atoms. The van der Waals surface area contributed by atoms with Gasteiger partial charge in [0.15, 0.2) is 0 Å². The molecule has 0 aliphatic carbocycles. The Labute approximate surface area is 109 Å². The van der Waals surface area contributed by atoms with Crippen molar-refractivity contribution in [2.45, 2.75) is 32.2 Å². The standard InChI is InChI=1S/C13H22N4O/c1-10-8-12(18-3)16-13(15-10)17-7-5-4-6-11(17)9-14-2/h8,11,14H,4-7,9H2,1-3H3. The molecule has 1 N–H and O–H groups in total. The third-order valence-corrected chi connectivity index (χ3v) is 3.35. The second-order valence-corrected chi connectivity index (χ2v) is 4.75. The molecule has 18 heavy (non-hydrogen) atoms. The summed E-state index contributed by atoms with van der Waals surface area (Å²) >= 11 is 0. The number of hydrogen-bond donors (Lipinski definition) is 1. The highest BCUT2D eigenvalue weighted by molar-refractivity contribution is 5.36. The molecular formula is C13H22N4O. The Bertz CT molecular complexity index is 395. The van der Waals surface area contributed by atoms with Gasteiger partial charge in [-0.2, -0.15) is 4.98 Å². The summed E-state index contributed by atoms with van der Waals surface area (Å²) in [5, 5.41) is 3.25. The van der Waals surface area contributed by atoms with Crippen LogP contribution in [0.3, 0.4) is 0 Å². The highest BCUT2D eigenvalue weighted by Crippen LogP contribution is 2.23. The second kappa shape index (κ2) is 6.00. The fourth-order valence-corrected chi connectivity index (χ4v) is 2.47. The molecule has 1 aromatic heterocycles. The van der Waals surface area contributed by atoms with Crippen molar-refractivity contribution in [3.63, 3.8) is 0 Å². The van der Waals surface area contributed by atoms with Crippen molar-refractivity contribution in [1.82, 2.24) is 15.3 Å². The highest BCUT2D eigenvalue weighted by Gasteiger charge is 2.24. The van der Waals surface area contributed by atoms with E-state index in [1.165, 1.54) is 19.3 Å². The number of methoxy groups -OCH3 is 1. The van der Waals surface area contributed by atoms with Crippen molar-refractivity contribution < 1.29 is 4.74 Å². The minimum Gasteiger partial charge on any atom is -0.481 e. The Hall–Kier alpha value is -1.36. The van der Waals surface area contributed by atoms with Gasteiger partial charge in [0.25, 0.3) is 0 Å². The molecule has 0 radical (unpaired) electrons. The average Bonchev–Trinajstić information content (AvgIpc) is 2.39. The summed E-state index contributed by atoms with van der Waals surface area (Å²) in [4.78, 5) is 11.3. The topological polar surface area (TPSA) is 50.3 Å². The number of anilines is 1. The maximum atomic E-state index is 5.23. The fraction of sp³-hybridized carbons (Fsp3) is 0.692. The van der Waals surface area contributed by atoms with Crippen LogP contribution in [0.2, 0.25) is 0 Å². The zero-order chi connectivity index (χ0) is 13.0. The number of nitrogens with zero attached hydrogens (tertiary/aromatic N) is 3. The number of aryl methyl sites for hydroxylation is 1. The molecule has 2 rings (SSSR count). The third-order valence-electron chi connectivity index (χ3n) is 3.35. The molecule has 0 saturated carbocycles. The van der Waals surface area contributed by atoms with Gasteiger partial charge < -0.3 is 15.0 Å². The summed E-state index contributed by atoms with van der Waals surface area (Å²) in [6, 6.07) is 2.34. The Balaban J connectivity index is 2.24. The maximum absolute atomic E-state index is 5.23. The first kappa shape index (κ1) is 13.1. The van der Waals surface area contributed by atoms with E-state index in [-0.39, 0.29) is 0 Å². The van der Waals surface area contributed by atoms with Gasteiger partial charge in [-0.05, 0) is 33.2 Å². The molecular weight excluding hydrogens is 228 g/mol. The van der Waals surface area contributed by atoms with Gasteiger partial charge >= 0.3 is 0 Å². The van der Waals surface area contributed by atoms with E-state index in [0.29, 0.717) is 11.9 Å². The molecule has 0 spiro atoms. The molecule has 1 fully saturated rings. The van der Waals surface area contributed by atoms with Crippen LogP contribution in [0.5, 0.6) is 5.88 Å². The number of piperidine rings is 1. The van der Waals surface area contributed by atoms with Gasteiger partial charge in [-0.1, -0.05) is 0 Å². The lowest BCUT2D eigenvalue weighted by molar-refractivity contribution is 0.391. The zero-order valence-corrected chi connectivity index (χ0v) is 11.4. The number of nitrogens with one attached hydrogen (secondary N) is 1. The number of ether oxygens (including phenoxy) is 1. The predicted octanol–water partition coefficient (Wildman–Crippen LogP) is 1.37. The molecule has 1 aliphatic rings. The van der Waals surface area contributed by atoms with Gasteiger partial charge in [0.1, 0.15) is 0 Å². The SMILES string of the molecule is CNCC1CCCCN1c1nc(C)cc(OC)n1. The Morgan fingerprint density at radius 2 is 2.28 bits per heavy atom. The van der Waals surface area contributed by atoms with E-state index in [1.54, 1.807) is 7.11 Å². The van der Waals surface area contributed by atoms with E-state index in [2.05, 4.69) is 20.2 Å². The first-order chi connectivity index (χ1) is 8.74. The molecule has 100 valence electrons. The largest absolute Gasteiger partial charge is 0.481 e. The normalized spacial score (nSPS) is 19.9. The van der Waals surface area contributed by atoms with Crippen LogP contribution in [0.1, 0.15) is 25.0 Å². The summed E-state index contributed by atoms with van der Waals surface area (Å²) in [6.45, 7) is 3.98. The minimum atomic E-state index is 0.482. The maximum Gasteiger partial charge on any atom is 0.229 e. The molecule has 1 saturated heterocycles. The van der Waals surface area contributed by atoms with Gasteiger partial charge in [0.2, 0.25) is 11.8 Å². The van der Waals surface area contributed by atoms with Crippen LogP contribution in [-0.2, 0) is 0 Å². The molecule has 0 amide bonds. The van der Waals surface area contributed by atoms with Crippen molar-refractivity contribution in [2.24, 2.45) is 0 Å². The smallest absolute Gasteiger partial charge is 0.229 e. The summed E-state index contributed by atoms with van der Waals surface area (Å²) in [5.74, 6) is 1.44. The molecule has 2 heterocycles. The number of likely N-dealkylation sites (N-methyl/N-ethyl adjacent to an activating group) is 1. The molecule has 1 unspecified atom stereocenters. The summed E-state index contributed by atoms with van der Waals surface area (Å²) in [7, 11) is 3.64. The van der Waals surface area contributed by atoms with Gasteiger partial charge in [-0.25, -0.2) is 4.98 Å². The lowest BCUT2D eigenvalue weighted by Gasteiger charge is -2.35. The van der Waals surface area contributed by atoms with Crippen LogP contribution < -0.4 is 15.0 Å². The lowest BCUT2D eigenvalue weighted by atomic mass is 10.0. The van der Waals surface area contributed by atoms with Crippen molar-refractivity contribution >= 4 is 5.95 Å². The van der Waals surface area contributed by atoms with Crippen LogP contribution in [0.25, 0.3) is 0 Å². The van der Waals surface area contributed by atoms with E-state index in [1.807, 2.05) is 20.0 Å². The summed E-state index contributed by atoms with van der Waals surface area (Å²) in [5.41, 5.74) is 0.950. The van der Waals surface area contributed by atoms with E-state index >= 15 is 0 Å². The third kappa shape index (κ3) is 2.90. The number of hydrogen-bond acceptors (Lipinski definition) is 5. The van der Waals surface area contributed by atoms with Crippen molar-refractivity contribution in [1.29, 1.82) is 0 Å². The fourth-order valence-electron chi connectivity index (χ4n) is 2.47. The summed E-state index contributed by atoms with van der Waals surface area (Å²) in [6.07, 6.45) is 3.69. The quantitative estimate of drug-likeness (QED) is 0.874. The Morgan fingerprint density at radius 1 is 1.44 bits per heavy atom. The van der Waals surface area contributed by atoms with Crippen LogP contribution in [0, 0.1) is 6.92 Å². The Kier molecular flexibility index (Phi) is 4.36. The molecule has 0 aromatic carbocycles. The van der Waals surface area contributed by atoms with Crippen molar-refractivity contribution in [3.8, 4) is 5.88 Å². The van der Waals surface area contributed by atoms with Gasteiger partial charge in [0, 0.05) is 30.9 Å². The van der Waals surface area contributed by atoms with Crippen LogP contribution in [-0.4, -0.2) is 43.3 Å². The summed E-state index contributed by atoms with van der Waals surface area (Å²) < 4.78 is 5.23. The van der Waals surface area contributed by atoms with Crippen LogP contribution in [0.15, 0.2) is 6.07 Å². The van der Waals surface area contributed by atoms with E-state index < -0.39 is 0 Å². The van der Waals surface area contributed by atoms with Gasteiger partial charge in [-0.15, -0.1) is 0 Å². The van der Waals surface area contributed by atoms with E-state index in [0.717, 1.165) is 24.7 Å². The van der Waals surface area contributed by atoms with Crippen LogP contribution >= 0.6 is 0 Å². The Morgan fingerprint density at radius 3 is 3.00 bits per heavy atom. The highest BCUT2D eigenvalue weighted by atomic mass is 16.5. The molecule has 5 nitrogen and oxygen atoms in total. The minimum absolute atomic E-state index is 0.482. The molecule has 1 aromatic rings.